The minimum absolute atomic E-state index is 0.423. The van der Waals surface area contributed by atoms with Gasteiger partial charge in [0, 0.05) is 17.0 Å². The number of hydrogen-bond donors (Lipinski definition) is 1. The van der Waals surface area contributed by atoms with Gasteiger partial charge in [-0.05, 0) is 25.3 Å². The normalized spacial score (nSPS) is 11.2. The van der Waals surface area contributed by atoms with Gasteiger partial charge < -0.3 is 5.32 Å². The van der Waals surface area contributed by atoms with Crippen LogP contribution in [0.5, 0.6) is 0 Å². The van der Waals surface area contributed by atoms with Crippen LogP contribution in [0, 0.1) is 0 Å². The van der Waals surface area contributed by atoms with E-state index in [1.807, 2.05) is 0 Å². The fourth-order valence-corrected chi connectivity index (χ4v) is 2.63. The van der Waals surface area contributed by atoms with Crippen molar-refractivity contribution in [3.05, 3.63) is 35.2 Å². The molecule has 2 aromatic rings. The Bertz CT molecular complexity index is 497. The van der Waals surface area contributed by atoms with E-state index < -0.39 is 0 Å². The number of nitrogens with one attached hydrogen (secondary N) is 1. The standard InChI is InChI=1S/C15H20N2S/c1-10(2)12-5-7-13(8-6-12)14-9-18-15(17-14)16-11(3)4/h5-11H,1-4H3,(H,16,17). The lowest BCUT2D eigenvalue weighted by Gasteiger charge is -2.06. The molecule has 0 atom stereocenters. The van der Waals surface area contributed by atoms with Gasteiger partial charge >= 0.3 is 0 Å². The van der Waals surface area contributed by atoms with E-state index in [0.717, 1.165) is 10.8 Å². The fourth-order valence-electron chi connectivity index (χ4n) is 1.76. The second-order valence-electron chi connectivity index (χ2n) is 5.11. The SMILES string of the molecule is CC(C)Nc1nc(-c2ccc(C(C)C)cc2)cs1. The maximum atomic E-state index is 4.60. The molecule has 2 nitrogen and oxygen atoms in total. The van der Waals surface area contributed by atoms with Gasteiger partial charge in [-0.25, -0.2) is 4.98 Å². The first-order chi connectivity index (χ1) is 8.56. The predicted molar refractivity (Wildman–Crippen MR) is 80.4 cm³/mol. The Hall–Kier alpha value is -1.35. The molecule has 0 spiro atoms. The van der Waals surface area contributed by atoms with Crippen molar-refractivity contribution < 1.29 is 0 Å². The second-order valence-corrected chi connectivity index (χ2v) is 5.97. The minimum atomic E-state index is 0.423. The van der Waals surface area contributed by atoms with Crippen LogP contribution in [0.3, 0.4) is 0 Å². The first kappa shape index (κ1) is 13.1. The van der Waals surface area contributed by atoms with E-state index in [1.54, 1.807) is 11.3 Å². The quantitative estimate of drug-likeness (QED) is 0.857. The molecule has 0 aliphatic rings. The second kappa shape index (κ2) is 5.53. The van der Waals surface area contributed by atoms with E-state index in [2.05, 4.69) is 67.6 Å². The molecule has 1 aromatic carbocycles. The van der Waals surface area contributed by atoms with Crippen LogP contribution < -0.4 is 5.32 Å². The van der Waals surface area contributed by atoms with Crippen LogP contribution in [0.25, 0.3) is 11.3 Å². The molecule has 1 heterocycles. The number of benzene rings is 1. The summed E-state index contributed by atoms with van der Waals surface area (Å²) in [7, 11) is 0. The van der Waals surface area contributed by atoms with E-state index >= 15 is 0 Å². The molecular formula is C15H20N2S. The van der Waals surface area contributed by atoms with Crippen molar-refractivity contribution in [3.8, 4) is 11.3 Å². The van der Waals surface area contributed by atoms with Gasteiger partial charge in [-0.1, -0.05) is 38.1 Å². The lowest BCUT2D eigenvalue weighted by molar-refractivity contribution is 0.867. The summed E-state index contributed by atoms with van der Waals surface area (Å²) < 4.78 is 0. The summed E-state index contributed by atoms with van der Waals surface area (Å²) in [6, 6.07) is 9.11. The molecule has 0 aliphatic carbocycles. The van der Waals surface area contributed by atoms with Crippen molar-refractivity contribution in [1.82, 2.24) is 4.98 Å². The summed E-state index contributed by atoms with van der Waals surface area (Å²) in [6.07, 6.45) is 0. The largest absolute Gasteiger partial charge is 0.359 e. The smallest absolute Gasteiger partial charge is 0.183 e. The number of rotatable bonds is 4. The van der Waals surface area contributed by atoms with Crippen molar-refractivity contribution in [1.29, 1.82) is 0 Å². The summed E-state index contributed by atoms with van der Waals surface area (Å²) in [5, 5.41) is 6.43. The van der Waals surface area contributed by atoms with E-state index in [9.17, 15) is 0 Å². The fraction of sp³-hybridized carbons (Fsp3) is 0.400. The Balaban J connectivity index is 2.18. The van der Waals surface area contributed by atoms with E-state index in [-0.39, 0.29) is 0 Å². The summed E-state index contributed by atoms with van der Waals surface area (Å²) in [5.41, 5.74) is 3.61. The number of thiazole rings is 1. The third-order valence-electron chi connectivity index (χ3n) is 2.79. The average Bonchev–Trinajstić information content (AvgIpc) is 2.76. The van der Waals surface area contributed by atoms with Gasteiger partial charge in [0.05, 0.1) is 5.69 Å². The van der Waals surface area contributed by atoms with Crippen LogP contribution in [0.15, 0.2) is 29.6 Å². The van der Waals surface area contributed by atoms with Crippen molar-refractivity contribution in [2.24, 2.45) is 0 Å². The molecule has 0 amide bonds. The van der Waals surface area contributed by atoms with Crippen LogP contribution in [-0.2, 0) is 0 Å². The van der Waals surface area contributed by atoms with Crippen LogP contribution in [0.2, 0.25) is 0 Å². The molecular weight excluding hydrogens is 240 g/mol. The van der Waals surface area contributed by atoms with E-state index in [0.29, 0.717) is 12.0 Å². The van der Waals surface area contributed by atoms with Gasteiger partial charge in [0.2, 0.25) is 0 Å². The van der Waals surface area contributed by atoms with Crippen LogP contribution in [0.1, 0.15) is 39.2 Å². The molecule has 0 fully saturated rings. The molecule has 18 heavy (non-hydrogen) atoms. The summed E-state index contributed by atoms with van der Waals surface area (Å²) in [5.74, 6) is 0.577. The zero-order valence-corrected chi connectivity index (χ0v) is 12.2. The number of anilines is 1. The summed E-state index contributed by atoms with van der Waals surface area (Å²) >= 11 is 1.66. The molecule has 1 aromatic heterocycles. The Morgan fingerprint density at radius 3 is 2.28 bits per heavy atom. The Kier molecular flexibility index (Phi) is 4.02. The van der Waals surface area contributed by atoms with Crippen LogP contribution >= 0.6 is 11.3 Å². The first-order valence-electron chi connectivity index (χ1n) is 6.38. The first-order valence-corrected chi connectivity index (χ1v) is 7.26. The monoisotopic (exact) mass is 260 g/mol. The van der Waals surface area contributed by atoms with Crippen molar-refractivity contribution in [3.63, 3.8) is 0 Å². The lowest BCUT2D eigenvalue weighted by atomic mass is 10.0. The molecule has 3 heteroatoms. The van der Waals surface area contributed by atoms with Crippen LogP contribution in [0.4, 0.5) is 5.13 Å². The maximum Gasteiger partial charge on any atom is 0.183 e. The Labute approximate surface area is 113 Å². The lowest BCUT2D eigenvalue weighted by Crippen LogP contribution is -2.08. The van der Waals surface area contributed by atoms with E-state index in [4.69, 9.17) is 0 Å². The summed E-state index contributed by atoms with van der Waals surface area (Å²) in [6.45, 7) is 8.67. The van der Waals surface area contributed by atoms with Gasteiger partial charge in [-0.2, -0.15) is 0 Å². The molecule has 0 saturated carbocycles. The van der Waals surface area contributed by atoms with Gasteiger partial charge in [-0.15, -0.1) is 11.3 Å². The maximum absolute atomic E-state index is 4.60. The molecule has 96 valence electrons. The predicted octanol–water partition coefficient (Wildman–Crippen LogP) is 4.75. The molecule has 0 radical (unpaired) electrons. The van der Waals surface area contributed by atoms with Crippen molar-refractivity contribution in [2.75, 3.05) is 5.32 Å². The van der Waals surface area contributed by atoms with Gasteiger partial charge in [0.15, 0.2) is 5.13 Å². The molecule has 0 bridgehead atoms. The minimum Gasteiger partial charge on any atom is -0.359 e. The molecule has 0 unspecified atom stereocenters. The van der Waals surface area contributed by atoms with Gasteiger partial charge in [0.25, 0.3) is 0 Å². The molecule has 1 N–H and O–H groups in total. The average molecular weight is 260 g/mol. The highest BCUT2D eigenvalue weighted by Crippen LogP contribution is 2.26. The van der Waals surface area contributed by atoms with Crippen molar-refractivity contribution in [2.45, 2.75) is 39.7 Å². The van der Waals surface area contributed by atoms with Gasteiger partial charge in [0.1, 0.15) is 0 Å². The highest BCUT2D eigenvalue weighted by Gasteiger charge is 2.06. The zero-order chi connectivity index (χ0) is 13.1. The topological polar surface area (TPSA) is 24.9 Å². The Morgan fingerprint density at radius 2 is 1.72 bits per heavy atom. The summed E-state index contributed by atoms with van der Waals surface area (Å²) in [4.78, 5) is 4.60. The third-order valence-corrected chi connectivity index (χ3v) is 3.56. The number of aromatic nitrogens is 1. The highest BCUT2D eigenvalue weighted by molar-refractivity contribution is 7.14. The van der Waals surface area contributed by atoms with Gasteiger partial charge in [-0.3, -0.25) is 0 Å². The number of nitrogens with zero attached hydrogens (tertiary/aromatic N) is 1. The molecule has 0 saturated heterocycles. The van der Waals surface area contributed by atoms with Crippen molar-refractivity contribution >= 4 is 16.5 Å². The Morgan fingerprint density at radius 1 is 1.06 bits per heavy atom. The number of hydrogen-bond acceptors (Lipinski definition) is 3. The van der Waals surface area contributed by atoms with Crippen LogP contribution in [-0.4, -0.2) is 11.0 Å². The third kappa shape index (κ3) is 3.10. The highest BCUT2D eigenvalue weighted by atomic mass is 32.1. The van der Waals surface area contributed by atoms with E-state index in [1.165, 1.54) is 11.1 Å². The zero-order valence-electron chi connectivity index (χ0n) is 11.4. The molecule has 0 aliphatic heterocycles. The molecule has 2 rings (SSSR count).